The highest BCUT2D eigenvalue weighted by Crippen LogP contribution is 2.31. The second-order valence-electron chi connectivity index (χ2n) is 4.23. The first kappa shape index (κ1) is 10.0. The van der Waals surface area contributed by atoms with Crippen molar-refractivity contribution in [2.45, 2.75) is 58.4 Å². The molecule has 0 aromatic carbocycles. The highest BCUT2D eigenvalue weighted by atomic mass is 14.9. The van der Waals surface area contributed by atoms with Crippen LogP contribution in [-0.2, 0) is 0 Å². The Labute approximate surface area is 76.9 Å². The van der Waals surface area contributed by atoms with Crippen molar-refractivity contribution in [2.24, 2.45) is 5.92 Å². The minimum atomic E-state index is 0.740. The van der Waals surface area contributed by atoms with Crippen molar-refractivity contribution >= 4 is 0 Å². The molecular formula is C11H23N. The van der Waals surface area contributed by atoms with Crippen molar-refractivity contribution in [3.8, 4) is 0 Å². The topological polar surface area (TPSA) is 12.0 Å². The number of hydrogen-bond donors (Lipinski definition) is 1. The second kappa shape index (κ2) is 5.58. The summed E-state index contributed by atoms with van der Waals surface area (Å²) in [4.78, 5) is 0. The van der Waals surface area contributed by atoms with E-state index in [1.807, 2.05) is 0 Å². The Morgan fingerprint density at radius 3 is 2.75 bits per heavy atom. The molecule has 1 aliphatic rings. The van der Waals surface area contributed by atoms with Crippen LogP contribution < -0.4 is 5.32 Å². The molecule has 1 N–H and O–H groups in total. The van der Waals surface area contributed by atoms with Gasteiger partial charge in [-0.05, 0) is 32.2 Å². The van der Waals surface area contributed by atoms with Crippen molar-refractivity contribution in [3.63, 3.8) is 0 Å². The summed E-state index contributed by atoms with van der Waals surface area (Å²) >= 11 is 0. The predicted octanol–water partition coefficient (Wildman–Crippen LogP) is 2.95. The van der Waals surface area contributed by atoms with Gasteiger partial charge in [0.05, 0.1) is 0 Å². The molecule has 0 radical (unpaired) electrons. The van der Waals surface area contributed by atoms with E-state index in [1.165, 1.54) is 45.1 Å². The average Bonchev–Trinajstić information content (AvgIpc) is 2.84. The lowest BCUT2D eigenvalue weighted by Crippen LogP contribution is -2.27. The first-order valence-electron chi connectivity index (χ1n) is 5.56. The summed E-state index contributed by atoms with van der Waals surface area (Å²) in [5.41, 5.74) is 0. The number of nitrogens with one attached hydrogen (secondary N) is 1. The summed E-state index contributed by atoms with van der Waals surface area (Å²) in [5, 5.41) is 3.59. The van der Waals surface area contributed by atoms with Gasteiger partial charge in [-0.1, -0.05) is 32.6 Å². The largest absolute Gasteiger partial charge is 0.314 e. The normalized spacial score (nSPS) is 19.5. The Bertz CT molecular complexity index is 108. The molecule has 1 atom stereocenters. The first-order valence-corrected chi connectivity index (χ1v) is 5.56. The minimum absolute atomic E-state index is 0.740. The summed E-state index contributed by atoms with van der Waals surface area (Å²) in [7, 11) is 0. The molecule has 0 amide bonds. The van der Waals surface area contributed by atoms with E-state index in [9.17, 15) is 0 Å². The second-order valence-corrected chi connectivity index (χ2v) is 4.23. The molecule has 1 rings (SSSR count). The van der Waals surface area contributed by atoms with E-state index < -0.39 is 0 Å². The number of rotatable bonds is 7. The Morgan fingerprint density at radius 1 is 1.42 bits per heavy atom. The summed E-state index contributed by atoms with van der Waals surface area (Å²) in [5.74, 6) is 1.08. The van der Waals surface area contributed by atoms with Gasteiger partial charge in [-0.3, -0.25) is 0 Å². The van der Waals surface area contributed by atoms with E-state index in [-0.39, 0.29) is 0 Å². The van der Waals surface area contributed by atoms with E-state index in [2.05, 4.69) is 19.2 Å². The zero-order valence-electron chi connectivity index (χ0n) is 8.60. The smallest absolute Gasteiger partial charge is 0.00387 e. The van der Waals surface area contributed by atoms with Crippen LogP contribution >= 0.6 is 0 Å². The lowest BCUT2D eigenvalue weighted by molar-refractivity contribution is 0.480. The Hall–Kier alpha value is -0.0400. The van der Waals surface area contributed by atoms with Crippen LogP contribution in [0.4, 0.5) is 0 Å². The van der Waals surface area contributed by atoms with Gasteiger partial charge in [-0.2, -0.15) is 0 Å². The van der Waals surface area contributed by atoms with Gasteiger partial charge in [-0.15, -0.1) is 0 Å². The maximum absolute atomic E-state index is 3.59. The molecule has 0 aromatic rings. The lowest BCUT2D eigenvalue weighted by atomic mass is 10.1. The van der Waals surface area contributed by atoms with Gasteiger partial charge in [0.2, 0.25) is 0 Å². The van der Waals surface area contributed by atoms with Gasteiger partial charge in [-0.25, -0.2) is 0 Å². The van der Waals surface area contributed by atoms with E-state index in [4.69, 9.17) is 0 Å². The fourth-order valence-corrected chi connectivity index (χ4v) is 1.55. The number of unbranched alkanes of at least 4 members (excludes halogenated alkanes) is 1. The van der Waals surface area contributed by atoms with Crippen LogP contribution in [0.25, 0.3) is 0 Å². The third kappa shape index (κ3) is 4.76. The summed E-state index contributed by atoms with van der Waals surface area (Å²) < 4.78 is 0. The molecule has 0 aliphatic heterocycles. The lowest BCUT2D eigenvalue weighted by Gasteiger charge is -2.12. The summed E-state index contributed by atoms with van der Waals surface area (Å²) in [6.07, 6.45) is 8.44. The molecule has 1 saturated carbocycles. The van der Waals surface area contributed by atoms with E-state index in [0.29, 0.717) is 0 Å². The molecule has 1 heteroatoms. The summed E-state index contributed by atoms with van der Waals surface area (Å²) in [6.45, 7) is 5.81. The monoisotopic (exact) mass is 169 g/mol. The van der Waals surface area contributed by atoms with Crippen molar-refractivity contribution in [2.75, 3.05) is 6.54 Å². The van der Waals surface area contributed by atoms with E-state index >= 15 is 0 Å². The molecule has 12 heavy (non-hydrogen) atoms. The molecule has 1 fully saturated rings. The Morgan fingerprint density at radius 2 is 2.17 bits per heavy atom. The molecule has 0 aromatic heterocycles. The van der Waals surface area contributed by atoms with Crippen molar-refractivity contribution in [3.05, 3.63) is 0 Å². The zero-order chi connectivity index (χ0) is 8.81. The van der Waals surface area contributed by atoms with Gasteiger partial charge in [0.15, 0.2) is 0 Å². The van der Waals surface area contributed by atoms with Crippen molar-refractivity contribution < 1.29 is 0 Å². The highest BCUT2D eigenvalue weighted by molar-refractivity contribution is 4.74. The van der Waals surface area contributed by atoms with Crippen LogP contribution in [0.15, 0.2) is 0 Å². The molecule has 0 spiro atoms. The van der Waals surface area contributed by atoms with Gasteiger partial charge in [0, 0.05) is 6.04 Å². The fraction of sp³-hybridized carbons (Fsp3) is 1.00. The van der Waals surface area contributed by atoms with Gasteiger partial charge < -0.3 is 5.32 Å². The molecule has 0 bridgehead atoms. The molecule has 72 valence electrons. The Kier molecular flexibility index (Phi) is 4.67. The highest BCUT2D eigenvalue weighted by Gasteiger charge is 2.20. The van der Waals surface area contributed by atoms with Crippen LogP contribution in [0.5, 0.6) is 0 Å². The van der Waals surface area contributed by atoms with Gasteiger partial charge >= 0.3 is 0 Å². The van der Waals surface area contributed by atoms with Crippen LogP contribution in [0.2, 0.25) is 0 Å². The van der Waals surface area contributed by atoms with E-state index in [0.717, 1.165) is 12.0 Å². The first-order chi connectivity index (χ1) is 5.83. The van der Waals surface area contributed by atoms with Crippen LogP contribution in [0, 0.1) is 5.92 Å². The quantitative estimate of drug-likeness (QED) is 0.618. The van der Waals surface area contributed by atoms with Crippen molar-refractivity contribution in [1.29, 1.82) is 0 Å². The van der Waals surface area contributed by atoms with Crippen LogP contribution in [-0.4, -0.2) is 12.6 Å². The molecule has 0 saturated heterocycles. The van der Waals surface area contributed by atoms with Crippen LogP contribution in [0.3, 0.4) is 0 Å². The molecule has 1 nitrogen and oxygen atoms in total. The summed E-state index contributed by atoms with van der Waals surface area (Å²) in [6, 6.07) is 0.740. The third-order valence-corrected chi connectivity index (χ3v) is 2.73. The average molecular weight is 169 g/mol. The molecule has 1 unspecified atom stereocenters. The Balaban J connectivity index is 1.83. The fourth-order valence-electron chi connectivity index (χ4n) is 1.55. The molecule has 0 heterocycles. The van der Waals surface area contributed by atoms with Crippen molar-refractivity contribution in [1.82, 2.24) is 5.32 Å². The van der Waals surface area contributed by atoms with E-state index in [1.54, 1.807) is 0 Å². The molecule has 1 aliphatic carbocycles. The van der Waals surface area contributed by atoms with Gasteiger partial charge in [0.25, 0.3) is 0 Å². The van der Waals surface area contributed by atoms with Crippen LogP contribution in [0.1, 0.15) is 52.4 Å². The van der Waals surface area contributed by atoms with Gasteiger partial charge in [0.1, 0.15) is 0 Å². The predicted molar refractivity (Wildman–Crippen MR) is 54.3 cm³/mol. The minimum Gasteiger partial charge on any atom is -0.314 e. The maximum atomic E-state index is 3.59. The maximum Gasteiger partial charge on any atom is 0.00387 e. The third-order valence-electron chi connectivity index (χ3n) is 2.73. The zero-order valence-corrected chi connectivity index (χ0v) is 8.60. The standard InChI is InChI=1S/C11H23N/c1-3-4-5-10(2)12-9-8-11-6-7-11/h10-12H,3-9H2,1-2H3. The SMILES string of the molecule is CCCCC(C)NCCC1CC1. The molecular weight excluding hydrogens is 146 g/mol. The number of hydrogen-bond acceptors (Lipinski definition) is 1.